The van der Waals surface area contributed by atoms with E-state index < -0.39 is 0 Å². The van der Waals surface area contributed by atoms with Gasteiger partial charge in [-0.3, -0.25) is 0 Å². The zero-order valence-electron chi connectivity index (χ0n) is 20.2. The monoisotopic (exact) mass is 464 g/mol. The normalized spacial score (nSPS) is 15.1. The van der Waals surface area contributed by atoms with E-state index >= 15 is 0 Å². The van der Waals surface area contributed by atoms with E-state index in [-0.39, 0.29) is 11.4 Å². The second kappa shape index (κ2) is 9.62. The number of carbonyl (C=O) groups is 1. The van der Waals surface area contributed by atoms with Crippen molar-refractivity contribution in [1.29, 1.82) is 0 Å². The maximum absolute atomic E-state index is 12.2. The molecule has 0 unspecified atom stereocenters. The van der Waals surface area contributed by atoms with Gasteiger partial charge in [0, 0.05) is 50.6 Å². The van der Waals surface area contributed by atoms with Crippen LogP contribution >= 0.6 is 0 Å². The molecule has 2 amide bonds. The summed E-state index contributed by atoms with van der Waals surface area (Å²) < 4.78 is 10.8. The molecule has 3 aromatic rings. The molecule has 1 aliphatic rings. The summed E-state index contributed by atoms with van der Waals surface area (Å²) in [4.78, 5) is 25.5. The van der Waals surface area contributed by atoms with Crippen LogP contribution in [0, 0.1) is 0 Å². The Morgan fingerprint density at radius 2 is 1.76 bits per heavy atom. The first kappa shape index (κ1) is 23.4. The number of nitrogens with one attached hydrogen (secondary N) is 1. The van der Waals surface area contributed by atoms with E-state index in [1.807, 2.05) is 24.1 Å². The number of anilines is 2. The Balaban J connectivity index is 1.67. The number of hydrogen-bond acceptors (Lipinski definition) is 7. The molecular weight excluding hydrogens is 432 g/mol. The summed E-state index contributed by atoms with van der Waals surface area (Å²) in [5.74, 6) is 2.10. The van der Waals surface area contributed by atoms with Gasteiger partial charge in [0.1, 0.15) is 5.82 Å². The maximum Gasteiger partial charge on any atom is 0.317 e. The summed E-state index contributed by atoms with van der Waals surface area (Å²) in [5, 5.41) is 3.45. The zero-order valence-corrected chi connectivity index (χ0v) is 20.2. The molecular formula is C25H32N6O3. The van der Waals surface area contributed by atoms with E-state index in [0.29, 0.717) is 53.8 Å². The summed E-state index contributed by atoms with van der Waals surface area (Å²) in [6.07, 6.45) is 1.67. The van der Waals surface area contributed by atoms with Gasteiger partial charge in [0.05, 0.1) is 19.7 Å². The molecule has 0 saturated carbocycles. The molecule has 9 nitrogen and oxygen atoms in total. The Morgan fingerprint density at radius 3 is 2.38 bits per heavy atom. The summed E-state index contributed by atoms with van der Waals surface area (Å²) in [5.41, 5.74) is 8.12. The van der Waals surface area contributed by atoms with Crippen LogP contribution in [0.15, 0.2) is 42.5 Å². The van der Waals surface area contributed by atoms with Crippen molar-refractivity contribution < 1.29 is 14.3 Å². The van der Waals surface area contributed by atoms with Crippen molar-refractivity contribution in [3.63, 3.8) is 0 Å². The first-order chi connectivity index (χ1) is 16.4. The number of likely N-dealkylation sites (N-methyl/N-ethyl adjacent to an activating group) is 1. The van der Waals surface area contributed by atoms with E-state index in [1.165, 1.54) is 5.56 Å². The van der Waals surface area contributed by atoms with Crippen LogP contribution < -0.4 is 25.4 Å². The van der Waals surface area contributed by atoms with Crippen LogP contribution in [-0.2, 0) is 5.41 Å². The Hall–Kier alpha value is -3.75. The molecule has 9 heteroatoms. The molecule has 1 aromatic heterocycles. The van der Waals surface area contributed by atoms with Crippen LogP contribution in [0.3, 0.4) is 0 Å². The van der Waals surface area contributed by atoms with E-state index in [0.717, 1.165) is 12.8 Å². The zero-order chi connectivity index (χ0) is 24.3. The number of nitrogens with two attached hydrogens (primary N) is 1. The molecule has 1 saturated heterocycles. The fourth-order valence-corrected chi connectivity index (χ4v) is 4.79. The average molecular weight is 465 g/mol. The molecule has 0 bridgehead atoms. The lowest BCUT2D eigenvalue weighted by Crippen LogP contribution is -2.51. The number of nitrogens with zero attached hydrogens (tertiary/aromatic N) is 4. The number of aromatic nitrogens is 2. The van der Waals surface area contributed by atoms with Crippen molar-refractivity contribution >= 4 is 28.7 Å². The first-order valence-electron chi connectivity index (χ1n) is 11.3. The van der Waals surface area contributed by atoms with Crippen molar-refractivity contribution in [2.24, 2.45) is 0 Å². The van der Waals surface area contributed by atoms with Gasteiger partial charge in [-0.2, -0.15) is 4.98 Å². The topological polar surface area (TPSA) is 106 Å². The fraction of sp³-hybridized carbons (Fsp3) is 0.400. The number of ether oxygens (including phenoxy) is 2. The number of methoxy groups -OCH3 is 2. The van der Waals surface area contributed by atoms with Crippen LogP contribution in [0.1, 0.15) is 18.4 Å². The number of hydrogen-bond donors (Lipinski definition) is 2. The molecule has 0 spiro atoms. The van der Waals surface area contributed by atoms with Crippen molar-refractivity contribution in [2.75, 3.05) is 58.6 Å². The number of benzene rings is 2. The maximum atomic E-state index is 12.2. The minimum Gasteiger partial charge on any atom is -0.493 e. The van der Waals surface area contributed by atoms with Crippen LogP contribution in [0.25, 0.3) is 10.9 Å². The highest BCUT2D eigenvalue weighted by molar-refractivity contribution is 5.91. The number of likely N-dealkylation sites (tertiary alicyclic amines) is 1. The number of amides is 2. The third-order valence-corrected chi connectivity index (χ3v) is 6.71. The number of fused-ring (bicyclic) bond motifs is 1. The van der Waals surface area contributed by atoms with E-state index in [2.05, 4.69) is 39.5 Å². The number of rotatable bonds is 6. The average Bonchev–Trinajstić information content (AvgIpc) is 2.88. The largest absolute Gasteiger partial charge is 0.493 e. The number of carbonyl (C=O) groups excluding carboxylic acids is 1. The van der Waals surface area contributed by atoms with E-state index in [4.69, 9.17) is 20.2 Å². The highest BCUT2D eigenvalue weighted by atomic mass is 16.5. The summed E-state index contributed by atoms with van der Waals surface area (Å²) in [7, 11) is 6.83. The molecule has 180 valence electrons. The molecule has 0 atom stereocenters. The Morgan fingerprint density at radius 1 is 1.12 bits per heavy atom. The minimum atomic E-state index is -0.148. The van der Waals surface area contributed by atoms with Gasteiger partial charge in [-0.25, -0.2) is 9.78 Å². The van der Waals surface area contributed by atoms with E-state index in [1.54, 1.807) is 27.3 Å². The van der Waals surface area contributed by atoms with Gasteiger partial charge < -0.3 is 30.3 Å². The molecule has 4 rings (SSSR count). The molecule has 0 aliphatic carbocycles. The Bertz CT molecular complexity index is 1160. The van der Waals surface area contributed by atoms with Gasteiger partial charge in [-0.05, 0) is 24.5 Å². The molecule has 1 aliphatic heterocycles. The van der Waals surface area contributed by atoms with Gasteiger partial charge in [0.25, 0.3) is 0 Å². The summed E-state index contributed by atoms with van der Waals surface area (Å²) in [6.45, 7) is 2.05. The second-order valence-electron chi connectivity index (χ2n) is 8.68. The van der Waals surface area contributed by atoms with Crippen molar-refractivity contribution in [2.45, 2.75) is 18.3 Å². The third-order valence-electron chi connectivity index (χ3n) is 6.71. The smallest absolute Gasteiger partial charge is 0.317 e. The lowest BCUT2D eigenvalue weighted by Gasteiger charge is -2.44. The highest BCUT2D eigenvalue weighted by Gasteiger charge is 2.38. The Labute approximate surface area is 199 Å². The summed E-state index contributed by atoms with van der Waals surface area (Å²) >= 11 is 0. The van der Waals surface area contributed by atoms with Crippen LogP contribution in [0.5, 0.6) is 11.5 Å². The lowest BCUT2D eigenvalue weighted by atomic mass is 9.72. The number of nitrogen functional groups attached to an aromatic ring is 1. The van der Waals surface area contributed by atoms with Gasteiger partial charge in [-0.1, -0.05) is 30.3 Å². The molecule has 2 heterocycles. The predicted molar refractivity (Wildman–Crippen MR) is 134 cm³/mol. The highest BCUT2D eigenvalue weighted by Crippen LogP contribution is 2.38. The molecule has 2 aromatic carbocycles. The van der Waals surface area contributed by atoms with Gasteiger partial charge >= 0.3 is 6.03 Å². The standard InChI is InChI=1S/C25H32N6O3/c1-27-24(32)31-12-10-25(11-13-31,17-8-6-5-7-9-17)16-30(2)23-28-19-15-21(34-4)20(33-3)14-18(19)22(26)29-23/h5-9,14-15H,10-13,16H2,1-4H3,(H,27,32)(H2,26,28,29). The third kappa shape index (κ3) is 4.37. The van der Waals surface area contributed by atoms with Crippen molar-refractivity contribution in [3.05, 3.63) is 48.0 Å². The van der Waals surface area contributed by atoms with Crippen molar-refractivity contribution in [1.82, 2.24) is 20.2 Å². The minimum absolute atomic E-state index is 0.0370. The second-order valence-corrected chi connectivity index (χ2v) is 8.68. The van der Waals surface area contributed by atoms with Crippen LogP contribution in [0.4, 0.5) is 16.6 Å². The van der Waals surface area contributed by atoms with Gasteiger partial charge in [-0.15, -0.1) is 0 Å². The number of piperidine rings is 1. The molecule has 3 N–H and O–H groups in total. The number of urea groups is 1. The lowest BCUT2D eigenvalue weighted by molar-refractivity contribution is 0.160. The molecule has 1 fully saturated rings. The van der Waals surface area contributed by atoms with Crippen LogP contribution in [0.2, 0.25) is 0 Å². The van der Waals surface area contributed by atoms with Gasteiger partial charge in [0.2, 0.25) is 5.95 Å². The van der Waals surface area contributed by atoms with E-state index in [9.17, 15) is 4.79 Å². The molecule has 34 heavy (non-hydrogen) atoms. The van der Waals surface area contributed by atoms with Crippen LogP contribution in [-0.4, -0.2) is 68.8 Å². The Kier molecular flexibility index (Phi) is 6.63. The summed E-state index contributed by atoms with van der Waals surface area (Å²) in [6, 6.07) is 14.1. The van der Waals surface area contributed by atoms with Gasteiger partial charge in [0.15, 0.2) is 11.5 Å². The SMILES string of the molecule is CNC(=O)N1CCC(CN(C)c2nc(N)c3cc(OC)c(OC)cc3n2)(c2ccccc2)CC1. The van der Waals surface area contributed by atoms with Crippen molar-refractivity contribution in [3.8, 4) is 11.5 Å². The molecule has 0 radical (unpaired) electrons. The fourth-order valence-electron chi connectivity index (χ4n) is 4.79. The first-order valence-corrected chi connectivity index (χ1v) is 11.3. The quantitative estimate of drug-likeness (QED) is 0.578. The predicted octanol–water partition coefficient (Wildman–Crippen LogP) is 3.04.